The summed E-state index contributed by atoms with van der Waals surface area (Å²) in [6, 6.07) is 5.54. The van der Waals surface area contributed by atoms with E-state index in [1.807, 2.05) is 39.2 Å². The average Bonchev–Trinajstić information content (AvgIpc) is 3.09. The molecule has 1 aromatic carbocycles. The van der Waals surface area contributed by atoms with Gasteiger partial charge in [0.2, 0.25) is 5.95 Å². The van der Waals surface area contributed by atoms with Crippen molar-refractivity contribution in [3.05, 3.63) is 47.7 Å². The van der Waals surface area contributed by atoms with E-state index >= 15 is 0 Å². The van der Waals surface area contributed by atoms with E-state index in [2.05, 4.69) is 25.4 Å². The van der Waals surface area contributed by atoms with Crippen molar-refractivity contribution < 1.29 is 4.39 Å². The molecule has 4 aromatic rings. The summed E-state index contributed by atoms with van der Waals surface area (Å²) < 4.78 is 16.1. The lowest BCUT2D eigenvalue weighted by Gasteiger charge is -2.06. The van der Waals surface area contributed by atoms with Crippen LogP contribution in [0.25, 0.3) is 22.3 Å². The van der Waals surface area contributed by atoms with Crippen molar-refractivity contribution in [2.24, 2.45) is 7.05 Å². The van der Waals surface area contributed by atoms with Crippen LogP contribution in [-0.4, -0.2) is 24.7 Å². The smallest absolute Gasteiger partial charge is 0.228 e. The van der Waals surface area contributed by atoms with Gasteiger partial charge in [0, 0.05) is 29.8 Å². The van der Waals surface area contributed by atoms with Gasteiger partial charge < -0.3 is 16.0 Å². The number of hydrogen-bond acceptors (Lipinski definition) is 5. The minimum absolute atomic E-state index is 0.205. The van der Waals surface area contributed by atoms with E-state index in [1.54, 1.807) is 10.7 Å². The van der Waals surface area contributed by atoms with Gasteiger partial charge in [-0.1, -0.05) is 0 Å². The summed E-state index contributed by atoms with van der Waals surface area (Å²) in [7, 11) is 1.83. The summed E-state index contributed by atoms with van der Waals surface area (Å²) in [4.78, 5) is 11.6. The van der Waals surface area contributed by atoms with Gasteiger partial charge in [-0.15, -0.1) is 0 Å². The number of aromatic nitrogens is 5. The van der Waals surface area contributed by atoms with Crippen LogP contribution in [0.3, 0.4) is 0 Å². The highest BCUT2D eigenvalue weighted by molar-refractivity contribution is 5.92. The molecule has 26 heavy (non-hydrogen) atoms. The van der Waals surface area contributed by atoms with Crippen molar-refractivity contribution in [1.29, 1.82) is 0 Å². The van der Waals surface area contributed by atoms with Crippen molar-refractivity contribution in [1.82, 2.24) is 24.7 Å². The molecular formula is C18H18FN7. The quantitative estimate of drug-likeness (QED) is 0.491. The first kappa shape index (κ1) is 16.1. The second-order valence-electron chi connectivity index (χ2n) is 6.25. The molecule has 3 aromatic heterocycles. The molecule has 0 fully saturated rings. The summed E-state index contributed by atoms with van der Waals surface area (Å²) in [5.74, 6) is -0.198. The fourth-order valence-electron chi connectivity index (χ4n) is 3.03. The Hall–Kier alpha value is -3.42. The second kappa shape index (κ2) is 5.83. The van der Waals surface area contributed by atoms with E-state index in [-0.39, 0.29) is 5.69 Å². The number of H-pyrrole nitrogens is 1. The maximum absolute atomic E-state index is 14.5. The summed E-state index contributed by atoms with van der Waals surface area (Å²) >= 11 is 0. The molecule has 0 spiro atoms. The average molecular weight is 351 g/mol. The zero-order valence-electron chi connectivity index (χ0n) is 14.6. The van der Waals surface area contributed by atoms with E-state index < -0.39 is 5.82 Å². The predicted octanol–water partition coefficient (Wildman–Crippen LogP) is 3.44. The number of nitrogens with two attached hydrogens (primary N) is 1. The van der Waals surface area contributed by atoms with E-state index in [9.17, 15) is 4.39 Å². The maximum Gasteiger partial charge on any atom is 0.228 e. The Morgan fingerprint density at radius 3 is 2.81 bits per heavy atom. The van der Waals surface area contributed by atoms with Crippen LogP contribution < -0.4 is 11.1 Å². The first-order chi connectivity index (χ1) is 12.4. The van der Waals surface area contributed by atoms with Gasteiger partial charge in [-0.25, -0.2) is 14.4 Å². The van der Waals surface area contributed by atoms with Gasteiger partial charge in [0.15, 0.2) is 5.82 Å². The predicted molar refractivity (Wildman–Crippen MR) is 99.7 cm³/mol. The van der Waals surface area contributed by atoms with E-state index in [4.69, 9.17) is 5.73 Å². The second-order valence-corrected chi connectivity index (χ2v) is 6.25. The van der Waals surface area contributed by atoms with E-state index in [0.717, 1.165) is 34.0 Å². The van der Waals surface area contributed by atoms with Crippen LogP contribution in [0.4, 0.5) is 21.7 Å². The van der Waals surface area contributed by atoms with E-state index in [1.165, 1.54) is 0 Å². The Kier molecular flexibility index (Phi) is 3.61. The number of rotatable bonds is 3. The zero-order valence-corrected chi connectivity index (χ0v) is 14.6. The number of aryl methyl sites for hydroxylation is 3. The molecular weight excluding hydrogens is 333 g/mol. The van der Waals surface area contributed by atoms with Crippen LogP contribution in [0.2, 0.25) is 0 Å². The highest BCUT2D eigenvalue weighted by Gasteiger charge is 2.17. The first-order valence-electron chi connectivity index (χ1n) is 8.10. The lowest BCUT2D eigenvalue weighted by Crippen LogP contribution is -2.01. The van der Waals surface area contributed by atoms with Crippen molar-refractivity contribution >= 4 is 28.2 Å². The molecule has 0 amide bonds. The highest BCUT2D eigenvalue weighted by Crippen LogP contribution is 2.31. The number of anilines is 3. The van der Waals surface area contributed by atoms with Crippen LogP contribution in [-0.2, 0) is 7.05 Å². The van der Waals surface area contributed by atoms with Crippen molar-refractivity contribution in [2.45, 2.75) is 13.8 Å². The maximum atomic E-state index is 14.5. The lowest BCUT2D eigenvalue weighted by atomic mass is 10.1. The van der Waals surface area contributed by atoms with Crippen molar-refractivity contribution in [3.63, 3.8) is 0 Å². The first-order valence-corrected chi connectivity index (χ1v) is 8.10. The van der Waals surface area contributed by atoms with Gasteiger partial charge in [0.05, 0.1) is 23.3 Å². The molecule has 4 N–H and O–H groups in total. The summed E-state index contributed by atoms with van der Waals surface area (Å²) in [5.41, 5.74) is 10.7. The fourth-order valence-corrected chi connectivity index (χ4v) is 3.03. The Morgan fingerprint density at radius 2 is 2.08 bits per heavy atom. The normalized spacial score (nSPS) is 11.2. The topological polar surface area (TPSA) is 97.4 Å². The van der Waals surface area contributed by atoms with Gasteiger partial charge in [-0.3, -0.25) is 4.68 Å². The monoisotopic (exact) mass is 351 g/mol. The Bertz CT molecular complexity index is 1130. The molecule has 0 aliphatic heterocycles. The molecule has 0 aliphatic rings. The van der Waals surface area contributed by atoms with Crippen molar-refractivity contribution in [2.75, 3.05) is 11.1 Å². The number of nitrogen functional groups attached to an aromatic ring is 1. The van der Waals surface area contributed by atoms with Gasteiger partial charge >= 0.3 is 0 Å². The molecule has 0 bridgehead atoms. The molecule has 0 radical (unpaired) electrons. The van der Waals surface area contributed by atoms with Crippen molar-refractivity contribution in [3.8, 4) is 11.4 Å². The minimum Gasteiger partial charge on any atom is -0.399 e. The standard InChI is InChI=1S/C18H18FN7/c1-9-12-6-11(20)4-5-14(12)22-16(9)17-13(19)7-21-18(24-17)23-15-8-26(3)25-10(15)2/h4-8,22H,20H2,1-3H3,(H,21,23,24). The molecule has 0 saturated heterocycles. The third-order valence-corrected chi connectivity index (χ3v) is 4.32. The third kappa shape index (κ3) is 2.65. The number of benzene rings is 1. The summed E-state index contributed by atoms with van der Waals surface area (Å²) in [6.45, 7) is 3.78. The summed E-state index contributed by atoms with van der Waals surface area (Å²) in [5, 5.41) is 8.29. The van der Waals surface area contributed by atoms with Gasteiger partial charge in [0.25, 0.3) is 0 Å². The number of hydrogen-bond donors (Lipinski definition) is 3. The highest BCUT2D eigenvalue weighted by atomic mass is 19.1. The molecule has 8 heteroatoms. The minimum atomic E-state index is -0.499. The molecule has 0 aliphatic carbocycles. The summed E-state index contributed by atoms with van der Waals surface area (Å²) in [6.07, 6.45) is 2.98. The lowest BCUT2D eigenvalue weighted by molar-refractivity contribution is 0.618. The molecule has 7 nitrogen and oxygen atoms in total. The Labute approximate surface area is 149 Å². The number of halogens is 1. The van der Waals surface area contributed by atoms with Crippen LogP contribution in [0.5, 0.6) is 0 Å². The fraction of sp³-hybridized carbons (Fsp3) is 0.167. The van der Waals surface area contributed by atoms with Crippen LogP contribution >= 0.6 is 0 Å². The number of fused-ring (bicyclic) bond motifs is 1. The molecule has 0 atom stereocenters. The van der Waals surface area contributed by atoms with E-state index in [0.29, 0.717) is 17.3 Å². The zero-order chi connectivity index (χ0) is 18.4. The molecule has 3 heterocycles. The van der Waals surface area contributed by atoms with Gasteiger partial charge in [0.1, 0.15) is 5.69 Å². The number of nitrogens with zero attached hydrogens (tertiary/aromatic N) is 4. The van der Waals surface area contributed by atoms with Crippen LogP contribution in [0.1, 0.15) is 11.3 Å². The molecule has 4 rings (SSSR count). The van der Waals surface area contributed by atoms with Gasteiger partial charge in [-0.05, 0) is 37.6 Å². The van der Waals surface area contributed by atoms with Crippen LogP contribution in [0, 0.1) is 19.7 Å². The Balaban J connectivity index is 1.79. The largest absolute Gasteiger partial charge is 0.399 e. The van der Waals surface area contributed by atoms with Crippen LogP contribution in [0.15, 0.2) is 30.6 Å². The SMILES string of the molecule is Cc1nn(C)cc1Nc1ncc(F)c(-c2[nH]c3ccc(N)cc3c2C)n1. The Morgan fingerprint density at radius 1 is 1.27 bits per heavy atom. The molecule has 0 saturated carbocycles. The third-order valence-electron chi connectivity index (χ3n) is 4.32. The molecule has 0 unspecified atom stereocenters. The molecule has 132 valence electrons. The number of nitrogens with one attached hydrogen (secondary N) is 2. The number of aromatic amines is 1. The van der Waals surface area contributed by atoms with Gasteiger partial charge in [-0.2, -0.15) is 5.10 Å².